The van der Waals surface area contributed by atoms with E-state index in [1.165, 1.54) is 4.90 Å². The summed E-state index contributed by atoms with van der Waals surface area (Å²) in [5.41, 5.74) is 2.98. The van der Waals surface area contributed by atoms with Crippen LogP contribution in [0.25, 0.3) is 0 Å². The van der Waals surface area contributed by atoms with Gasteiger partial charge in [-0.15, -0.1) is 0 Å². The molecule has 0 aromatic heterocycles. The van der Waals surface area contributed by atoms with E-state index < -0.39 is 119 Å². The minimum atomic E-state index is -1.54. The van der Waals surface area contributed by atoms with E-state index in [1.807, 2.05) is 45.1 Å². The summed E-state index contributed by atoms with van der Waals surface area (Å²) in [7, 11) is 0. The van der Waals surface area contributed by atoms with E-state index in [9.17, 15) is 43.7 Å². The summed E-state index contributed by atoms with van der Waals surface area (Å²) in [5, 5.41) is 28.5. The van der Waals surface area contributed by atoms with Crippen molar-refractivity contribution in [3.8, 4) is 0 Å². The van der Waals surface area contributed by atoms with Gasteiger partial charge < -0.3 is 41.5 Å². The second kappa shape index (κ2) is 23.9. The van der Waals surface area contributed by atoms with Crippen molar-refractivity contribution in [2.24, 2.45) is 17.8 Å². The van der Waals surface area contributed by atoms with Crippen LogP contribution in [-0.4, -0.2) is 107 Å². The number of hydrogen-bond acceptors (Lipinski definition) is 10. The predicted octanol–water partition coefficient (Wildman–Crippen LogP) is 4.16. The Bertz CT molecular complexity index is 2380. The summed E-state index contributed by atoms with van der Waals surface area (Å²) >= 11 is 0. The molecule has 1 aliphatic carbocycles. The van der Waals surface area contributed by atoms with Gasteiger partial charge in [0.2, 0.25) is 41.5 Å². The van der Waals surface area contributed by atoms with E-state index >= 15 is 0 Å². The molecular weight excluding hydrogens is 897 g/mol. The number of benzene rings is 3. The van der Waals surface area contributed by atoms with Gasteiger partial charge in [-0.25, -0.2) is 4.79 Å². The van der Waals surface area contributed by atoms with Crippen molar-refractivity contribution in [3.05, 3.63) is 129 Å². The average Bonchev–Trinajstić information content (AvgIpc) is 4.02. The predicted molar refractivity (Wildman–Crippen MR) is 260 cm³/mol. The van der Waals surface area contributed by atoms with Gasteiger partial charge >= 0.3 is 6.09 Å². The number of nitrogens with one attached hydrogen (secondary N) is 6. The van der Waals surface area contributed by atoms with E-state index in [2.05, 4.69) is 31.9 Å². The SMILES string of the molecule is C/C=C\[C@H]1C[C@H]2C(=O)NC[C@@H](NC(=O)OCc3ccc(C)cc3)C(=O)NC([C@H](C)c3ccccc3)C(=O)N[C@H](C[C@H]3C[C@H]3[N+](=O)[O-])C(=O)N[C@@H]([C@H](C)c3ccccc3)C(=O)N[C@@H]([C@@H](C)CC)C(=O)N2C1. The van der Waals surface area contributed by atoms with Crippen molar-refractivity contribution in [3.63, 3.8) is 0 Å². The molecule has 1 saturated carbocycles. The monoisotopic (exact) mass is 962 g/mol. The minimum absolute atomic E-state index is 0.138. The van der Waals surface area contributed by atoms with E-state index in [0.717, 1.165) is 5.56 Å². The number of nitro groups is 1. The molecule has 3 aliphatic rings. The number of carbonyl (C=O) groups is 7. The van der Waals surface area contributed by atoms with Crippen LogP contribution < -0.4 is 31.9 Å². The number of rotatable bonds is 13. The van der Waals surface area contributed by atoms with Crippen LogP contribution in [0.15, 0.2) is 97.1 Å². The van der Waals surface area contributed by atoms with Gasteiger partial charge in [0.05, 0.1) is 0 Å². The number of fused-ring (bicyclic) bond motifs is 1. The van der Waals surface area contributed by atoms with Crippen molar-refractivity contribution in [2.75, 3.05) is 13.1 Å². The molecule has 70 heavy (non-hydrogen) atoms. The summed E-state index contributed by atoms with van der Waals surface area (Å²) in [6, 6.07) is 16.1. The summed E-state index contributed by atoms with van der Waals surface area (Å²) in [6.45, 7) is 10.3. The topological polar surface area (TPSA) is 247 Å². The van der Waals surface area contributed by atoms with Gasteiger partial charge in [-0.2, -0.15) is 0 Å². The van der Waals surface area contributed by atoms with Gasteiger partial charge in [-0.1, -0.05) is 137 Å². The third-order valence-corrected chi connectivity index (χ3v) is 13.9. The zero-order valence-electron chi connectivity index (χ0n) is 40.6. The molecule has 2 heterocycles. The molecule has 3 aromatic carbocycles. The van der Waals surface area contributed by atoms with E-state index in [0.29, 0.717) is 23.1 Å². The summed E-state index contributed by atoms with van der Waals surface area (Å²) < 4.78 is 5.50. The molecule has 0 radical (unpaired) electrons. The highest BCUT2D eigenvalue weighted by Gasteiger charge is 2.51. The molecule has 6 rings (SSSR count). The fourth-order valence-electron chi connectivity index (χ4n) is 9.20. The Morgan fingerprint density at radius 3 is 1.91 bits per heavy atom. The van der Waals surface area contributed by atoms with Gasteiger partial charge in [0.15, 0.2) is 0 Å². The van der Waals surface area contributed by atoms with Crippen LogP contribution in [0, 0.1) is 34.8 Å². The molecule has 1 unspecified atom stereocenters. The number of allylic oxidation sites excluding steroid dienone is 1. The number of nitrogens with zero attached hydrogens (tertiary/aromatic N) is 2. The quantitative estimate of drug-likeness (QED) is 0.0812. The summed E-state index contributed by atoms with van der Waals surface area (Å²) in [5.74, 6) is -7.14. The number of ether oxygens (including phenoxy) is 1. The molecule has 3 aromatic rings. The van der Waals surface area contributed by atoms with Gasteiger partial charge in [0.1, 0.15) is 42.9 Å². The van der Waals surface area contributed by atoms with Crippen LogP contribution in [0.2, 0.25) is 0 Å². The zero-order chi connectivity index (χ0) is 50.6. The smallest absolute Gasteiger partial charge is 0.408 e. The normalized spacial score (nSPS) is 27.2. The molecule has 2 aliphatic heterocycles. The molecular formula is C52H66N8O10. The van der Waals surface area contributed by atoms with Gasteiger partial charge in [0.25, 0.3) is 0 Å². The Hall–Kier alpha value is -7.11. The summed E-state index contributed by atoms with van der Waals surface area (Å²) in [6.07, 6.45) is 3.37. The first-order valence-corrected chi connectivity index (χ1v) is 24.1. The lowest BCUT2D eigenvalue weighted by Crippen LogP contribution is -2.61. The molecule has 2 saturated heterocycles. The second-order valence-electron chi connectivity index (χ2n) is 18.9. The molecule has 374 valence electrons. The Kier molecular flexibility index (Phi) is 17.9. The highest BCUT2D eigenvalue weighted by Crippen LogP contribution is 2.37. The fourth-order valence-corrected chi connectivity index (χ4v) is 9.20. The minimum Gasteiger partial charge on any atom is -0.445 e. The maximum absolute atomic E-state index is 14.9. The molecule has 0 spiro atoms. The number of alkyl carbamates (subject to hydrolysis) is 1. The van der Waals surface area contributed by atoms with Crippen LogP contribution in [0.3, 0.4) is 0 Å². The van der Waals surface area contributed by atoms with Crippen molar-refractivity contribution in [1.82, 2.24) is 36.8 Å². The number of amides is 7. The Balaban J connectivity index is 1.43. The van der Waals surface area contributed by atoms with E-state index in [1.54, 1.807) is 93.6 Å². The molecule has 6 N–H and O–H groups in total. The highest BCUT2D eigenvalue weighted by atomic mass is 16.6. The standard InChI is InChI=1S/C52H66N8O10/c1-7-15-35-24-42-48(63)53-27-40(55-52(67)70-29-34-22-20-30(3)21-23-34)47(62)58-44(32(5)36-16-11-9-12-17-36)49(64)54-39(25-38-26-41(38)60(68)69)46(61)57-45(33(6)37-18-13-10-14-19-37)50(65)56-43(31(4)8-2)51(66)59(42)28-35/h7,9-23,31-33,35,38-45H,8,24-29H2,1-6H3,(H,53,63)(H,54,64)(H,55,67)(H,56,65)(H,57,61)(H,58,62)/b15-7-/t31-,32+,33+,35-,38-,39+,40+,41+,42-,43-,44?,45-/m0/s1. The maximum Gasteiger partial charge on any atom is 0.408 e. The van der Waals surface area contributed by atoms with Crippen LogP contribution in [0.4, 0.5) is 4.79 Å². The number of carbonyl (C=O) groups excluding carboxylic acids is 7. The molecule has 0 bridgehead atoms. The molecule has 18 nitrogen and oxygen atoms in total. The van der Waals surface area contributed by atoms with Crippen molar-refractivity contribution in [2.45, 2.75) is 128 Å². The highest BCUT2D eigenvalue weighted by molar-refractivity contribution is 5.98. The van der Waals surface area contributed by atoms with Crippen LogP contribution >= 0.6 is 0 Å². The third kappa shape index (κ3) is 13.4. The van der Waals surface area contributed by atoms with Crippen LogP contribution in [0.5, 0.6) is 0 Å². The Labute approximate surface area is 408 Å². The lowest BCUT2D eigenvalue weighted by atomic mass is 9.90. The first kappa shape index (κ1) is 52.3. The number of hydrogen-bond donors (Lipinski definition) is 6. The van der Waals surface area contributed by atoms with Gasteiger partial charge in [-0.05, 0) is 55.2 Å². The molecule has 18 heteroatoms. The summed E-state index contributed by atoms with van der Waals surface area (Å²) in [4.78, 5) is 115. The molecule has 7 amide bonds. The first-order chi connectivity index (χ1) is 33.5. The Morgan fingerprint density at radius 1 is 0.786 bits per heavy atom. The van der Waals surface area contributed by atoms with Crippen molar-refractivity contribution in [1.29, 1.82) is 0 Å². The van der Waals surface area contributed by atoms with Crippen LogP contribution in [-0.2, 0) is 40.1 Å². The zero-order valence-corrected chi connectivity index (χ0v) is 40.6. The molecule has 3 fully saturated rings. The number of aryl methyl sites for hydroxylation is 1. The first-order valence-electron chi connectivity index (χ1n) is 24.1. The average molecular weight is 963 g/mol. The Morgan fingerprint density at radius 2 is 1.36 bits per heavy atom. The lowest BCUT2D eigenvalue weighted by Gasteiger charge is -2.34. The lowest BCUT2D eigenvalue weighted by molar-refractivity contribution is -0.498. The van der Waals surface area contributed by atoms with Crippen molar-refractivity contribution < 1.29 is 43.2 Å². The van der Waals surface area contributed by atoms with Crippen LogP contribution in [0.1, 0.15) is 94.4 Å². The van der Waals surface area contributed by atoms with Gasteiger partial charge in [0, 0.05) is 42.2 Å². The van der Waals surface area contributed by atoms with Crippen molar-refractivity contribution >= 4 is 41.5 Å². The van der Waals surface area contributed by atoms with Gasteiger partial charge in [-0.3, -0.25) is 38.9 Å². The van der Waals surface area contributed by atoms with E-state index in [4.69, 9.17) is 4.74 Å². The maximum atomic E-state index is 14.9. The second-order valence-corrected chi connectivity index (χ2v) is 18.9. The molecule has 12 atom stereocenters. The third-order valence-electron chi connectivity index (χ3n) is 13.9. The largest absolute Gasteiger partial charge is 0.445 e. The fraction of sp³-hybridized carbons (Fsp3) is 0.481. The van der Waals surface area contributed by atoms with E-state index in [-0.39, 0.29) is 38.3 Å².